The third-order valence-corrected chi connectivity index (χ3v) is 2.09. The summed E-state index contributed by atoms with van der Waals surface area (Å²) in [5.41, 5.74) is 2.09. The Hall–Kier alpha value is -1.51. The molecule has 1 aromatic heterocycles. The number of benzene rings is 1. The summed E-state index contributed by atoms with van der Waals surface area (Å²) in [5.74, 6) is 0. The molecule has 3 nitrogen and oxygen atoms in total. The van der Waals surface area contributed by atoms with Crippen molar-refractivity contribution in [2.45, 2.75) is 6.92 Å². The number of aromatic amines is 1. The summed E-state index contributed by atoms with van der Waals surface area (Å²) < 4.78 is 1.76. The van der Waals surface area contributed by atoms with Crippen LogP contribution < -0.4 is 5.56 Å². The second kappa shape index (κ2) is 2.24. The summed E-state index contributed by atoms with van der Waals surface area (Å²) >= 11 is 0. The lowest BCUT2D eigenvalue weighted by atomic mass is 10.2. The average Bonchev–Trinajstić information content (AvgIpc) is 2.29. The first-order chi connectivity index (χ1) is 5.70. The Morgan fingerprint density at radius 3 is 2.83 bits per heavy atom. The van der Waals surface area contributed by atoms with E-state index in [1.807, 2.05) is 32.2 Å². The molecule has 0 saturated carbocycles. The number of para-hydroxylation sites is 1. The third-order valence-electron chi connectivity index (χ3n) is 2.09. The van der Waals surface area contributed by atoms with Gasteiger partial charge in [0.1, 0.15) is 0 Å². The zero-order valence-corrected chi connectivity index (χ0v) is 7.09. The highest BCUT2D eigenvalue weighted by atomic mass is 16.1. The summed E-state index contributed by atoms with van der Waals surface area (Å²) in [6.45, 7) is 2.00. The molecule has 0 amide bonds. The first-order valence-corrected chi connectivity index (χ1v) is 3.84. The van der Waals surface area contributed by atoms with Crippen molar-refractivity contribution in [1.82, 2.24) is 9.78 Å². The molecule has 2 rings (SSSR count). The summed E-state index contributed by atoms with van der Waals surface area (Å²) in [4.78, 5) is 11.3. The monoisotopic (exact) mass is 162 g/mol. The summed E-state index contributed by atoms with van der Waals surface area (Å²) in [6, 6.07) is 5.73. The number of H-pyrrole nitrogens is 1. The van der Waals surface area contributed by atoms with Crippen LogP contribution in [-0.2, 0) is 7.05 Å². The van der Waals surface area contributed by atoms with E-state index >= 15 is 0 Å². The molecule has 0 spiro atoms. The normalized spacial score (nSPS) is 10.8. The van der Waals surface area contributed by atoms with Crippen molar-refractivity contribution in [2.75, 3.05) is 0 Å². The van der Waals surface area contributed by atoms with Crippen molar-refractivity contribution in [3.05, 3.63) is 34.1 Å². The zero-order valence-electron chi connectivity index (χ0n) is 7.09. The number of aryl methyl sites for hydroxylation is 2. The number of aromatic nitrogens is 2. The number of nitrogens with one attached hydrogen (secondary N) is 1. The average molecular weight is 162 g/mol. The van der Waals surface area contributed by atoms with Gasteiger partial charge in [0, 0.05) is 7.05 Å². The SMILES string of the molecule is Cc1cccc2c(=O)[nH]n(C)c12. The van der Waals surface area contributed by atoms with E-state index in [0.717, 1.165) is 16.5 Å². The number of hydrogen-bond donors (Lipinski definition) is 1. The Labute approximate surface area is 69.6 Å². The van der Waals surface area contributed by atoms with Gasteiger partial charge in [0.2, 0.25) is 0 Å². The van der Waals surface area contributed by atoms with Crippen molar-refractivity contribution >= 4 is 10.9 Å². The van der Waals surface area contributed by atoms with Gasteiger partial charge < -0.3 is 0 Å². The van der Waals surface area contributed by atoms with Gasteiger partial charge in [-0.2, -0.15) is 0 Å². The van der Waals surface area contributed by atoms with Crippen LogP contribution in [0, 0.1) is 6.92 Å². The second-order valence-corrected chi connectivity index (χ2v) is 2.97. The van der Waals surface area contributed by atoms with Gasteiger partial charge in [-0.25, -0.2) is 0 Å². The molecule has 12 heavy (non-hydrogen) atoms. The van der Waals surface area contributed by atoms with E-state index in [-0.39, 0.29) is 5.56 Å². The molecule has 1 heterocycles. The van der Waals surface area contributed by atoms with Crippen LogP contribution in [0.1, 0.15) is 5.56 Å². The van der Waals surface area contributed by atoms with E-state index in [0.29, 0.717) is 0 Å². The van der Waals surface area contributed by atoms with Crippen LogP contribution >= 0.6 is 0 Å². The number of nitrogens with zero attached hydrogens (tertiary/aromatic N) is 1. The molecule has 2 aromatic rings. The fraction of sp³-hybridized carbons (Fsp3) is 0.222. The van der Waals surface area contributed by atoms with Crippen LogP contribution in [0.3, 0.4) is 0 Å². The maximum absolute atomic E-state index is 11.3. The van der Waals surface area contributed by atoms with Crippen LogP contribution in [0.25, 0.3) is 10.9 Å². The van der Waals surface area contributed by atoms with Gasteiger partial charge in [0.25, 0.3) is 5.56 Å². The Morgan fingerprint density at radius 1 is 1.42 bits per heavy atom. The highest BCUT2D eigenvalue weighted by Gasteiger charge is 2.04. The minimum absolute atomic E-state index is 0.0174. The Morgan fingerprint density at radius 2 is 2.17 bits per heavy atom. The van der Waals surface area contributed by atoms with Crippen LogP contribution in [0.2, 0.25) is 0 Å². The first kappa shape index (κ1) is 7.16. The van der Waals surface area contributed by atoms with Crippen LogP contribution in [-0.4, -0.2) is 9.78 Å². The standard InChI is InChI=1S/C9H10N2O/c1-6-4-3-5-7-8(6)11(2)10-9(7)12/h3-5H,1-2H3,(H,10,12). The quantitative estimate of drug-likeness (QED) is 0.620. The Bertz CT molecular complexity index is 479. The van der Waals surface area contributed by atoms with Gasteiger partial charge in [0.15, 0.2) is 0 Å². The van der Waals surface area contributed by atoms with Gasteiger partial charge in [-0.1, -0.05) is 12.1 Å². The predicted octanol–water partition coefficient (Wildman–Crippen LogP) is 1.18. The van der Waals surface area contributed by atoms with Crippen molar-refractivity contribution < 1.29 is 0 Å². The topological polar surface area (TPSA) is 37.8 Å². The van der Waals surface area contributed by atoms with Crippen molar-refractivity contribution in [3.8, 4) is 0 Å². The fourth-order valence-corrected chi connectivity index (χ4v) is 1.56. The summed E-state index contributed by atoms with van der Waals surface area (Å²) in [6.07, 6.45) is 0. The lowest BCUT2D eigenvalue weighted by Gasteiger charge is -1.97. The molecule has 0 saturated heterocycles. The Balaban J connectivity index is 3.09. The molecule has 0 radical (unpaired) electrons. The second-order valence-electron chi connectivity index (χ2n) is 2.97. The highest BCUT2D eigenvalue weighted by molar-refractivity contribution is 5.81. The largest absolute Gasteiger partial charge is 0.287 e. The third kappa shape index (κ3) is 0.794. The smallest absolute Gasteiger partial charge is 0.271 e. The van der Waals surface area contributed by atoms with Gasteiger partial charge in [-0.3, -0.25) is 14.6 Å². The fourth-order valence-electron chi connectivity index (χ4n) is 1.56. The molecule has 0 aliphatic rings. The van der Waals surface area contributed by atoms with Crippen molar-refractivity contribution in [3.63, 3.8) is 0 Å². The molecule has 1 aromatic carbocycles. The molecule has 0 fully saturated rings. The van der Waals surface area contributed by atoms with Crippen LogP contribution in [0.4, 0.5) is 0 Å². The molecule has 62 valence electrons. The molecular weight excluding hydrogens is 152 g/mol. The maximum atomic E-state index is 11.3. The maximum Gasteiger partial charge on any atom is 0.271 e. The number of hydrogen-bond acceptors (Lipinski definition) is 1. The van der Waals surface area contributed by atoms with Gasteiger partial charge in [-0.05, 0) is 18.6 Å². The minimum Gasteiger partial charge on any atom is -0.287 e. The zero-order chi connectivity index (χ0) is 8.72. The molecule has 0 aliphatic heterocycles. The number of fused-ring (bicyclic) bond motifs is 1. The van der Waals surface area contributed by atoms with Crippen molar-refractivity contribution in [2.24, 2.45) is 7.05 Å². The summed E-state index contributed by atoms with van der Waals surface area (Å²) in [7, 11) is 1.84. The number of rotatable bonds is 0. The molecule has 0 bridgehead atoms. The van der Waals surface area contributed by atoms with E-state index in [1.165, 1.54) is 0 Å². The minimum atomic E-state index is -0.0174. The van der Waals surface area contributed by atoms with E-state index in [4.69, 9.17) is 0 Å². The van der Waals surface area contributed by atoms with Crippen LogP contribution in [0.15, 0.2) is 23.0 Å². The highest BCUT2D eigenvalue weighted by Crippen LogP contribution is 2.12. The lowest BCUT2D eigenvalue weighted by molar-refractivity contribution is 0.781. The molecule has 0 aliphatic carbocycles. The molecular formula is C9H10N2O. The van der Waals surface area contributed by atoms with E-state index < -0.39 is 0 Å². The molecule has 1 N–H and O–H groups in total. The molecule has 0 atom stereocenters. The lowest BCUT2D eigenvalue weighted by Crippen LogP contribution is -2.01. The van der Waals surface area contributed by atoms with Crippen LogP contribution in [0.5, 0.6) is 0 Å². The van der Waals surface area contributed by atoms with Crippen molar-refractivity contribution in [1.29, 1.82) is 0 Å². The van der Waals surface area contributed by atoms with E-state index in [9.17, 15) is 4.79 Å². The molecule has 3 heteroatoms. The van der Waals surface area contributed by atoms with E-state index in [2.05, 4.69) is 5.10 Å². The first-order valence-electron chi connectivity index (χ1n) is 3.84. The summed E-state index contributed by atoms with van der Waals surface area (Å²) in [5, 5.41) is 3.48. The Kier molecular flexibility index (Phi) is 1.33. The van der Waals surface area contributed by atoms with Gasteiger partial charge in [-0.15, -0.1) is 0 Å². The molecule has 0 unspecified atom stereocenters. The van der Waals surface area contributed by atoms with E-state index in [1.54, 1.807) is 4.68 Å². The predicted molar refractivity (Wildman–Crippen MR) is 48.3 cm³/mol. The van der Waals surface area contributed by atoms with Gasteiger partial charge in [0.05, 0.1) is 10.9 Å². The van der Waals surface area contributed by atoms with Gasteiger partial charge >= 0.3 is 0 Å².